The minimum atomic E-state index is 0.0449. The number of hydrogen-bond acceptors (Lipinski definition) is 2. The lowest BCUT2D eigenvalue weighted by molar-refractivity contribution is -0.117. The molecule has 20 heavy (non-hydrogen) atoms. The van der Waals surface area contributed by atoms with Gasteiger partial charge in [0.1, 0.15) is 0 Å². The molecular formula is C17H26N2O. The second-order valence-electron chi connectivity index (χ2n) is 4.72. The van der Waals surface area contributed by atoms with Crippen LogP contribution in [0.4, 0.5) is 0 Å². The summed E-state index contributed by atoms with van der Waals surface area (Å²) in [5, 5.41) is 3.00. The molecule has 0 aliphatic rings. The Labute approximate surface area is 122 Å². The largest absolute Gasteiger partial charge is 0.351 e. The molecule has 0 spiro atoms. The fourth-order valence-electron chi connectivity index (χ4n) is 2.06. The minimum absolute atomic E-state index is 0.0449. The predicted octanol–water partition coefficient (Wildman–Crippen LogP) is 2.94. The third-order valence-electron chi connectivity index (χ3n) is 3.42. The van der Waals surface area contributed by atoms with Crippen molar-refractivity contribution in [2.24, 2.45) is 0 Å². The van der Waals surface area contributed by atoms with E-state index in [1.165, 1.54) is 0 Å². The fraction of sp³-hybridized carbons (Fsp3) is 0.471. The third kappa shape index (κ3) is 5.57. The summed E-state index contributed by atoms with van der Waals surface area (Å²) >= 11 is 0. The van der Waals surface area contributed by atoms with Crippen LogP contribution in [-0.2, 0) is 4.79 Å². The minimum Gasteiger partial charge on any atom is -0.351 e. The SMILES string of the molecule is CC/C(=C\c1ccccc1)C(=O)NCCN(CC)CC. The maximum atomic E-state index is 12.1. The molecule has 0 atom stereocenters. The van der Waals surface area contributed by atoms with Gasteiger partial charge in [0.15, 0.2) is 0 Å². The van der Waals surface area contributed by atoms with Gasteiger partial charge in [-0.05, 0) is 31.1 Å². The number of carbonyl (C=O) groups is 1. The average Bonchev–Trinajstić information content (AvgIpc) is 2.50. The van der Waals surface area contributed by atoms with Gasteiger partial charge in [-0.1, -0.05) is 51.1 Å². The van der Waals surface area contributed by atoms with Crippen LogP contribution in [0.25, 0.3) is 6.08 Å². The van der Waals surface area contributed by atoms with Crippen LogP contribution in [0.5, 0.6) is 0 Å². The molecule has 0 heterocycles. The van der Waals surface area contributed by atoms with Crippen molar-refractivity contribution in [2.75, 3.05) is 26.2 Å². The highest BCUT2D eigenvalue weighted by molar-refractivity contribution is 5.97. The van der Waals surface area contributed by atoms with Crippen molar-refractivity contribution < 1.29 is 4.79 Å². The zero-order chi connectivity index (χ0) is 14.8. The molecule has 0 bridgehead atoms. The molecule has 1 rings (SSSR count). The monoisotopic (exact) mass is 274 g/mol. The van der Waals surface area contributed by atoms with E-state index < -0.39 is 0 Å². The number of nitrogens with one attached hydrogen (secondary N) is 1. The molecule has 0 aromatic heterocycles. The summed E-state index contributed by atoms with van der Waals surface area (Å²) in [6.07, 6.45) is 2.71. The Kier molecular flexibility index (Phi) is 7.66. The first-order valence-electron chi connectivity index (χ1n) is 7.47. The molecule has 3 heteroatoms. The number of nitrogens with zero attached hydrogens (tertiary/aromatic N) is 1. The van der Waals surface area contributed by atoms with E-state index in [-0.39, 0.29) is 5.91 Å². The van der Waals surface area contributed by atoms with Crippen molar-refractivity contribution in [3.8, 4) is 0 Å². The number of benzene rings is 1. The second kappa shape index (κ2) is 9.32. The Morgan fingerprint density at radius 1 is 1.15 bits per heavy atom. The van der Waals surface area contributed by atoms with Crippen LogP contribution in [0.15, 0.2) is 35.9 Å². The van der Waals surface area contributed by atoms with Gasteiger partial charge in [0.25, 0.3) is 0 Å². The number of likely N-dealkylation sites (N-methyl/N-ethyl adjacent to an activating group) is 1. The highest BCUT2D eigenvalue weighted by Gasteiger charge is 2.07. The molecule has 110 valence electrons. The first-order chi connectivity index (χ1) is 9.71. The summed E-state index contributed by atoms with van der Waals surface area (Å²) in [6, 6.07) is 9.97. The van der Waals surface area contributed by atoms with Crippen LogP contribution in [0.3, 0.4) is 0 Å². The molecule has 0 fully saturated rings. The summed E-state index contributed by atoms with van der Waals surface area (Å²) in [5.41, 5.74) is 1.90. The Balaban J connectivity index is 2.53. The van der Waals surface area contributed by atoms with Crippen molar-refractivity contribution in [1.29, 1.82) is 0 Å². The van der Waals surface area contributed by atoms with E-state index in [2.05, 4.69) is 24.1 Å². The first kappa shape index (κ1) is 16.4. The summed E-state index contributed by atoms with van der Waals surface area (Å²) in [5.74, 6) is 0.0449. The van der Waals surface area contributed by atoms with E-state index in [0.29, 0.717) is 6.54 Å². The first-order valence-corrected chi connectivity index (χ1v) is 7.47. The molecule has 0 unspecified atom stereocenters. The molecule has 0 saturated heterocycles. The average molecular weight is 274 g/mol. The van der Waals surface area contributed by atoms with Gasteiger partial charge in [-0.25, -0.2) is 0 Å². The van der Waals surface area contributed by atoms with Crippen molar-refractivity contribution in [3.63, 3.8) is 0 Å². The zero-order valence-electron chi connectivity index (χ0n) is 12.9. The molecule has 0 aliphatic carbocycles. The lowest BCUT2D eigenvalue weighted by atomic mass is 10.1. The predicted molar refractivity (Wildman–Crippen MR) is 85.5 cm³/mol. The van der Waals surface area contributed by atoms with E-state index >= 15 is 0 Å². The fourth-order valence-corrected chi connectivity index (χ4v) is 2.06. The van der Waals surface area contributed by atoms with Crippen molar-refractivity contribution in [3.05, 3.63) is 41.5 Å². The van der Waals surface area contributed by atoms with Crippen molar-refractivity contribution in [1.82, 2.24) is 10.2 Å². The van der Waals surface area contributed by atoms with Crippen LogP contribution in [0.1, 0.15) is 32.8 Å². The van der Waals surface area contributed by atoms with Crippen LogP contribution in [0, 0.1) is 0 Å². The van der Waals surface area contributed by atoms with Crippen LogP contribution < -0.4 is 5.32 Å². The van der Waals surface area contributed by atoms with E-state index in [1.807, 2.05) is 43.3 Å². The van der Waals surface area contributed by atoms with E-state index in [0.717, 1.165) is 37.2 Å². The Hall–Kier alpha value is -1.61. The van der Waals surface area contributed by atoms with Gasteiger partial charge in [0, 0.05) is 18.7 Å². The lowest BCUT2D eigenvalue weighted by Crippen LogP contribution is -2.35. The number of rotatable bonds is 8. The summed E-state index contributed by atoms with van der Waals surface area (Å²) in [7, 11) is 0. The Morgan fingerprint density at radius 2 is 1.80 bits per heavy atom. The summed E-state index contributed by atoms with van der Waals surface area (Å²) in [6.45, 7) is 9.93. The molecule has 1 aromatic rings. The molecule has 0 aliphatic heterocycles. The molecule has 1 aromatic carbocycles. The number of carbonyl (C=O) groups excluding carboxylic acids is 1. The van der Waals surface area contributed by atoms with Gasteiger partial charge in [-0.3, -0.25) is 4.79 Å². The highest BCUT2D eigenvalue weighted by Crippen LogP contribution is 2.09. The molecule has 0 radical (unpaired) electrons. The molecule has 1 N–H and O–H groups in total. The normalized spacial score (nSPS) is 11.7. The number of amides is 1. The van der Waals surface area contributed by atoms with Crippen LogP contribution >= 0.6 is 0 Å². The topological polar surface area (TPSA) is 32.3 Å². The van der Waals surface area contributed by atoms with Crippen LogP contribution in [0.2, 0.25) is 0 Å². The van der Waals surface area contributed by atoms with E-state index in [1.54, 1.807) is 0 Å². The van der Waals surface area contributed by atoms with Gasteiger partial charge < -0.3 is 10.2 Å². The van der Waals surface area contributed by atoms with Gasteiger partial charge in [-0.2, -0.15) is 0 Å². The molecule has 0 saturated carbocycles. The Bertz CT molecular complexity index is 422. The molecule has 1 amide bonds. The maximum absolute atomic E-state index is 12.1. The molecule has 3 nitrogen and oxygen atoms in total. The maximum Gasteiger partial charge on any atom is 0.247 e. The quantitative estimate of drug-likeness (QED) is 0.739. The third-order valence-corrected chi connectivity index (χ3v) is 3.42. The molecular weight excluding hydrogens is 248 g/mol. The highest BCUT2D eigenvalue weighted by atomic mass is 16.1. The lowest BCUT2D eigenvalue weighted by Gasteiger charge is -2.18. The van der Waals surface area contributed by atoms with Crippen molar-refractivity contribution in [2.45, 2.75) is 27.2 Å². The van der Waals surface area contributed by atoms with Gasteiger partial charge in [0.2, 0.25) is 5.91 Å². The van der Waals surface area contributed by atoms with E-state index in [4.69, 9.17) is 0 Å². The number of hydrogen-bond donors (Lipinski definition) is 1. The zero-order valence-corrected chi connectivity index (χ0v) is 12.9. The standard InChI is InChI=1S/C17H26N2O/c1-4-16(14-15-10-8-7-9-11-15)17(20)18-12-13-19(5-2)6-3/h7-11,14H,4-6,12-13H2,1-3H3,(H,18,20)/b16-14+. The van der Waals surface area contributed by atoms with Gasteiger partial charge >= 0.3 is 0 Å². The van der Waals surface area contributed by atoms with Crippen molar-refractivity contribution >= 4 is 12.0 Å². The Morgan fingerprint density at radius 3 is 2.35 bits per heavy atom. The van der Waals surface area contributed by atoms with Gasteiger partial charge in [0.05, 0.1) is 0 Å². The second-order valence-corrected chi connectivity index (χ2v) is 4.72. The van der Waals surface area contributed by atoms with E-state index in [9.17, 15) is 4.79 Å². The van der Waals surface area contributed by atoms with Gasteiger partial charge in [-0.15, -0.1) is 0 Å². The summed E-state index contributed by atoms with van der Waals surface area (Å²) < 4.78 is 0. The summed E-state index contributed by atoms with van der Waals surface area (Å²) in [4.78, 5) is 14.4. The smallest absolute Gasteiger partial charge is 0.247 e. The van der Waals surface area contributed by atoms with Crippen LogP contribution in [-0.4, -0.2) is 37.0 Å².